The fourth-order valence-electron chi connectivity index (χ4n) is 1.23. The highest BCUT2D eigenvalue weighted by molar-refractivity contribution is 5.78. The Bertz CT molecular complexity index is 225. The molecular weight excluding hydrogens is 188 g/mol. The van der Waals surface area contributed by atoms with Crippen LogP contribution in [-0.4, -0.2) is 11.6 Å². The van der Waals surface area contributed by atoms with E-state index in [-0.39, 0.29) is 5.97 Å². The van der Waals surface area contributed by atoms with Crippen LogP contribution in [0.1, 0.15) is 53.9 Å². The Balaban J connectivity index is 4.51. The van der Waals surface area contributed by atoms with Gasteiger partial charge >= 0.3 is 5.97 Å². The van der Waals surface area contributed by atoms with Gasteiger partial charge in [-0.15, -0.1) is 6.58 Å². The van der Waals surface area contributed by atoms with E-state index >= 15 is 0 Å². The second-order valence-corrected chi connectivity index (χ2v) is 5.23. The van der Waals surface area contributed by atoms with Gasteiger partial charge in [0, 0.05) is 0 Å². The third kappa shape index (κ3) is 5.01. The van der Waals surface area contributed by atoms with Crippen molar-refractivity contribution in [3.8, 4) is 0 Å². The number of ether oxygens (including phenoxy) is 1. The van der Waals surface area contributed by atoms with Crippen LogP contribution in [-0.2, 0) is 9.53 Å². The number of esters is 1. The SMILES string of the molecule is C=CC(C)(CCCC)C(=O)OC(C)(C)C. The lowest BCUT2D eigenvalue weighted by molar-refractivity contribution is -0.164. The first kappa shape index (κ1) is 14.2. The minimum absolute atomic E-state index is 0.168. The largest absolute Gasteiger partial charge is 0.459 e. The Hall–Kier alpha value is -0.790. The Kier molecular flexibility index (Phi) is 5.06. The van der Waals surface area contributed by atoms with Gasteiger partial charge in [0.1, 0.15) is 5.60 Å². The number of hydrogen-bond acceptors (Lipinski definition) is 2. The number of rotatable bonds is 5. The van der Waals surface area contributed by atoms with Crippen LogP contribution in [0, 0.1) is 5.41 Å². The zero-order valence-corrected chi connectivity index (χ0v) is 10.7. The van der Waals surface area contributed by atoms with E-state index in [9.17, 15) is 4.79 Å². The molecule has 0 saturated carbocycles. The van der Waals surface area contributed by atoms with E-state index < -0.39 is 11.0 Å². The van der Waals surface area contributed by atoms with Crippen molar-refractivity contribution >= 4 is 5.97 Å². The lowest BCUT2D eigenvalue weighted by Gasteiger charge is -2.28. The van der Waals surface area contributed by atoms with Gasteiger partial charge < -0.3 is 4.74 Å². The summed E-state index contributed by atoms with van der Waals surface area (Å²) in [4.78, 5) is 11.9. The molecule has 1 unspecified atom stereocenters. The smallest absolute Gasteiger partial charge is 0.316 e. The molecule has 2 heteroatoms. The summed E-state index contributed by atoms with van der Waals surface area (Å²) in [5.41, 5.74) is -0.961. The Labute approximate surface area is 93.7 Å². The molecule has 0 N–H and O–H groups in total. The van der Waals surface area contributed by atoms with Crippen LogP contribution in [0.5, 0.6) is 0 Å². The lowest BCUT2D eigenvalue weighted by atomic mass is 9.85. The van der Waals surface area contributed by atoms with Crippen molar-refractivity contribution in [2.75, 3.05) is 0 Å². The van der Waals surface area contributed by atoms with E-state index in [1.54, 1.807) is 6.08 Å². The summed E-state index contributed by atoms with van der Waals surface area (Å²) in [5.74, 6) is -0.168. The van der Waals surface area contributed by atoms with E-state index in [1.807, 2.05) is 27.7 Å². The molecule has 0 aromatic carbocycles. The minimum atomic E-state index is -0.538. The standard InChI is InChI=1S/C13H24O2/c1-7-9-10-13(6,8-2)11(14)15-12(3,4)5/h8H,2,7,9-10H2,1,3-6H3. The van der Waals surface area contributed by atoms with Gasteiger partial charge in [-0.1, -0.05) is 25.8 Å². The Morgan fingerprint density at radius 2 is 1.87 bits per heavy atom. The molecule has 15 heavy (non-hydrogen) atoms. The summed E-state index contributed by atoms with van der Waals surface area (Å²) in [6.07, 6.45) is 4.60. The quantitative estimate of drug-likeness (QED) is 0.513. The molecule has 0 aliphatic carbocycles. The van der Waals surface area contributed by atoms with Crippen LogP contribution in [0.4, 0.5) is 0 Å². The number of hydrogen-bond donors (Lipinski definition) is 0. The number of unbranched alkanes of at least 4 members (excludes halogenated alkanes) is 1. The van der Waals surface area contributed by atoms with Crippen molar-refractivity contribution in [1.29, 1.82) is 0 Å². The Morgan fingerprint density at radius 3 is 2.20 bits per heavy atom. The van der Waals surface area contributed by atoms with Crippen molar-refractivity contribution in [2.24, 2.45) is 5.41 Å². The molecule has 0 aliphatic rings. The van der Waals surface area contributed by atoms with Gasteiger partial charge in [-0.3, -0.25) is 4.79 Å². The average Bonchev–Trinajstić information content (AvgIpc) is 2.11. The highest BCUT2D eigenvalue weighted by Crippen LogP contribution is 2.29. The monoisotopic (exact) mass is 212 g/mol. The second kappa shape index (κ2) is 5.34. The molecule has 1 atom stereocenters. The van der Waals surface area contributed by atoms with Crippen LogP contribution >= 0.6 is 0 Å². The molecular formula is C13H24O2. The fraction of sp³-hybridized carbons (Fsp3) is 0.769. The lowest BCUT2D eigenvalue weighted by Crippen LogP contribution is -2.34. The highest BCUT2D eigenvalue weighted by Gasteiger charge is 2.33. The number of carbonyl (C=O) groups excluding carboxylic acids is 1. The van der Waals surface area contributed by atoms with Crippen LogP contribution in [0.25, 0.3) is 0 Å². The van der Waals surface area contributed by atoms with E-state index in [2.05, 4.69) is 13.5 Å². The second-order valence-electron chi connectivity index (χ2n) is 5.23. The molecule has 2 nitrogen and oxygen atoms in total. The fourth-order valence-corrected chi connectivity index (χ4v) is 1.23. The summed E-state index contributed by atoms with van der Waals surface area (Å²) in [6.45, 7) is 13.4. The van der Waals surface area contributed by atoms with Crippen LogP contribution in [0.15, 0.2) is 12.7 Å². The molecule has 0 fully saturated rings. The summed E-state index contributed by atoms with van der Waals surface area (Å²) >= 11 is 0. The van der Waals surface area contributed by atoms with Gasteiger partial charge in [0.05, 0.1) is 5.41 Å². The van der Waals surface area contributed by atoms with Gasteiger partial charge in [-0.05, 0) is 34.1 Å². The molecule has 0 amide bonds. The van der Waals surface area contributed by atoms with E-state index in [0.717, 1.165) is 19.3 Å². The molecule has 0 rings (SSSR count). The molecule has 0 bridgehead atoms. The zero-order chi connectivity index (χ0) is 12.1. The third-order valence-electron chi connectivity index (χ3n) is 2.37. The normalized spacial score (nSPS) is 15.5. The van der Waals surface area contributed by atoms with Crippen LogP contribution in [0.3, 0.4) is 0 Å². The zero-order valence-electron chi connectivity index (χ0n) is 10.7. The van der Waals surface area contributed by atoms with Crippen LogP contribution < -0.4 is 0 Å². The van der Waals surface area contributed by atoms with Gasteiger partial charge in [0.2, 0.25) is 0 Å². The molecule has 0 aromatic rings. The number of carbonyl (C=O) groups is 1. The average molecular weight is 212 g/mol. The van der Waals surface area contributed by atoms with Crippen LogP contribution in [0.2, 0.25) is 0 Å². The first-order chi connectivity index (χ1) is 6.75. The third-order valence-corrected chi connectivity index (χ3v) is 2.37. The molecule has 0 aromatic heterocycles. The molecule has 0 spiro atoms. The maximum atomic E-state index is 11.9. The van der Waals surface area contributed by atoms with Crippen molar-refractivity contribution in [1.82, 2.24) is 0 Å². The first-order valence-electron chi connectivity index (χ1n) is 5.62. The van der Waals surface area contributed by atoms with Crippen molar-refractivity contribution in [2.45, 2.75) is 59.5 Å². The summed E-state index contributed by atoms with van der Waals surface area (Å²) < 4.78 is 5.38. The summed E-state index contributed by atoms with van der Waals surface area (Å²) in [6, 6.07) is 0. The highest BCUT2D eigenvalue weighted by atomic mass is 16.6. The topological polar surface area (TPSA) is 26.3 Å². The predicted molar refractivity (Wildman–Crippen MR) is 63.7 cm³/mol. The molecule has 0 saturated heterocycles. The van der Waals surface area contributed by atoms with Gasteiger partial charge in [-0.2, -0.15) is 0 Å². The van der Waals surface area contributed by atoms with E-state index in [1.165, 1.54) is 0 Å². The van der Waals surface area contributed by atoms with Crippen molar-refractivity contribution in [3.05, 3.63) is 12.7 Å². The first-order valence-corrected chi connectivity index (χ1v) is 5.62. The van der Waals surface area contributed by atoms with Gasteiger partial charge in [-0.25, -0.2) is 0 Å². The van der Waals surface area contributed by atoms with Crippen molar-refractivity contribution in [3.63, 3.8) is 0 Å². The summed E-state index contributed by atoms with van der Waals surface area (Å²) in [7, 11) is 0. The van der Waals surface area contributed by atoms with Gasteiger partial charge in [0.25, 0.3) is 0 Å². The molecule has 88 valence electrons. The minimum Gasteiger partial charge on any atom is -0.459 e. The van der Waals surface area contributed by atoms with E-state index in [0.29, 0.717) is 0 Å². The molecule has 0 aliphatic heterocycles. The van der Waals surface area contributed by atoms with E-state index in [4.69, 9.17) is 4.74 Å². The molecule has 0 heterocycles. The van der Waals surface area contributed by atoms with Crippen molar-refractivity contribution < 1.29 is 9.53 Å². The molecule has 0 radical (unpaired) electrons. The van der Waals surface area contributed by atoms with Gasteiger partial charge in [0.15, 0.2) is 0 Å². The Morgan fingerprint density at radius 1 is 1.33 bits per heavy atom. The summed E-state index contributed by atoms with van der Waals surface area (Å²) in [5, 5.41) is 0. The predicted octanol–water partition coefficient (Wildman–Crippen LogP) is 3.71. The maximum Gasteiger partial charge on any atom is 0.316 e. The maximum absolute atomic E-state index is 11.9.